The van der Waals surface area contributed by atoms with Crippen molar-refractivity contribution in [3.05, 3.63) is 48.0 Å². The SMILES string of the molecule is OCC1CCCN(c2ccc(-c3nc4c(F)cc(F)cc4[nH]3)cc2)C1. The number of aliphatic hydroxyl groups is 1. The molecule has 0 spiro atoms. The van der Waals surface area contributed by atoms with Gasteiger partial charge in [0.1, 0.15) is 17.2 Å². The summed E-state index contributed by atoms with van der Waals surface area (Å²) in [4.78, 5) is 9.48. The summed E-state index contributed by atoms with van der Waals surface area (Å²) >= 11 is 0. The van der Waals surface area contributed by atoms with Crippen LogP contribution in [0.3, 0.4) is 0 Å². The van der Waals surface area contributed by atoms with Crippen LogP contribution in [0.2, 0.25) is 0 Å². The number of fused-ring (bicyclic) bond motifs is 1. The van der Waals surface area contributed by atoms with E-state index in [9.17, 15) is 13.9 Å². The number of rotatable bonds is 3. The Hall–Kier alpha value is -2.47. The van der Waals surface area contributed by atoms with Crippen LogP contribution in [0, 0.1) is 17.6 Å². The number of halogens is 2. The molecule has 0 bridgehead atoms. The number of benzene rings is 2. The van der Waals surface area contributed by atoms with Gasteiger partial charge in [-0.25, -0.2) is 13.8 Å². The van der Waals surface area contributed by atoms with Gasteiger partial charge in [0.2, 0.25) is 0 Å². The molecule has 1 saturated heterocycles. The molecule has 2 heterocycles. The van der Waals surface area contributed by atoms with E-state index in [0.29, 0.717) is 17.3 Å². The molecule has 2 aromatic carbocycles. The normalized spacial score (nSPS) is 18.0. The minimum Gasteiger partial charge on any atom is -0.396 e. The first-order chi connectivity index (χ1) is 12.1. The van der Waals surface area contributed by atoms with E-state index in [1.165, 1.54) is 6.07 Å². The highest BCUT2D eigenvalue weighted by molar-refractivity contribution is 5.80. The van der Waals surface area contributed by atoms with Gasteiger partial charge in [-0.3, -0.25) is 0 Å². The Morgan fingerprint density at radius 1 is 1.20 bits per heavy atom. The van der Waals surface area contributed by atoms with Crippen LogP contribution in [0.5, 0.6) is 0 Å². The maximum atomic E-state index is 13.8. The molecule has 0 saturated carbocycles. The van der Waals surface area contributed by atoms with E-state index in [-0.39, 0.29) is 12.1 Å². The van der Waals surface area contributed by atoms with Crippen LogP contribution in [0.1, 0.15) is 12.8 Å². The summed E-state index contributed by atoms with van der Waals surface area (Å²) in [6.45, 7) is 2.05. The summed E-state index contributed by atoms with van der Waals surface area (Å²) in [6, 6.07) is 9.92. The van der Waals surface area contributed by atoms with Gasteiger partial charge in [-0.15, -0.1) is 0 Å². The number of anilines is 1. The third-order valence-electron chi connectivity index (χ3n) is 4.79. The molecule has 0 radical (unpaired) electrons. The predicted octanol–water partition coefficient (Wildman–Crippen LogP) is 3.72. The Bertz CT molecular complexity index is 892. The number of nitrogens with one attached hydrogen (secondary N) is 1. The number of piperidine rings is 1. The van der Waals surface area contributed by atoms with Crippen LogP contribution in [0.15, 0.2) is 36.4 Å². The van der Waals surface area contributed by atoms with Gasteiger partial charge in [0.15, 0.2) is 5.82 Å². The molecule has 130 valence electrons. The molecule has 4 rings (SSSR count). The highest BCUT2D eigenvalue weighted by atomic mass is 19.1. The predicted molar refractivity (Wildman–Crippen MR) is 93.5 cm³/mol. The molecule has 25 heavy (non-hydrogen) atoms. The van der Waals surface area contributed by atoms with Crippen molar-refractivity contribution in [3.8, 4) is 11.4 Å². The Balaban J connectivity index is 1.61. The average molecular weight is 343 g/mol. The maximum Gasteiger partial charge on any atom is 0.153 e. The Morgan fingerprint density at radius 2 is 2.00 bits per heavy atom. The van der Waals surface area contributed by atoms with Crippen molar-refractivity contribution in [1.82, 2.24) is 9.97 Å². The lowest BCUT2D eigenvalue weighted by Gasteiger charge is -2.33. The maximum absolute atomic E-state index is 13.8. The molecule has 1 aliphatic rings. The second kappa shape index (κ2) is 6.44. The first-order valence-corrected chi connectivity index (χ1v) is 8.45. The van der Waals surface area contributed by atoms with E-state index in [1.54, 1.807) is 0 Å². The molecule has 0 aliphatic carbocycles. The number of imidazole rings is 1. The molecule has 0 amide bonds. The Morgan fingerprint density at radius 3 is 2.76 bits per heavy atom. The van der Waals surface area contributed by atoms with E-state index in [0.717, 1.165) is 43.2 Å². The van der Waals surface area contributed by atoms with E-state index in [4.69, 9.17) is 0 Å². The molecule has 1 aliphatic heterocycles. The number of hydrogen-bond acceptors (Lipinski definition) is 3. The lowest BCUT2D eigenvalue weighted by atomic mass is 9.98. The third-order valence-corrected chi connectivity index (χ3v) is 4.79. The van der Waals surface area contributed by atoms with Crippen molar-refractivity contribution in [2.45, 2.75) is 12.8 Å². The first-order valence-electron chi connectivity index (χ1n) is 8.45. The van der Waals surface area contributed by atoms with Gasteiger partial charge in [-0.1, -0.05) is 0 Å². The summed E-state index contributed by atoms with van der Waals surface area (Å²) in [5, 5.41) is 9.36. The van der Waals surface area contributed by atoms with Crippen LogP contribution in [-0.4, -0.2) is 34.8 Å². The minimum absolute atomic E-state index is 0.141. The number of aliphatic hydroxyl groups excluding tert-OH is 1. The largest absolute Gasteiger partial charge is 0.396 e. The summed E-state index contributed by atoms with van der Waals surface area (Å²) in [6.07, 6.45) is 2.13. The molecule has 4 nitrogen and oxygen atoms in total. The summed E-state index contributed by atoms with van der Waals surface area (Å²) in [5.41, 5.74) is 2.39. The minimum atomic E-state index is -0.669. The van der Waals surface area contributed by atoms with Crippen molar-refractivity contribution in [2.24, 2.45) is 5.92 Å². The lowest BCUT2D eigenvalue weighted by Crippen LogP contribution is -2.36. The van der Waals surface area contributed by atoms with Gasteiger partial charge < -0.3 is 15.0 Å². The van der Waals surface area contributed by atoms with Crippen LogP contribution in [-0.2, 0) is 0 Å². The molecular weight excluding hydrogens is 324 g/mol. The molecular formula is C19H19F2N3O. The average Bonchev–Trinajstić information content (AvgIpc) is 3.06. The van der Waals surface area contributed by atoms with Crippen molar-refractivity contribution in [1.29, 1.82) is 0 Å². The zero-order valence-electron chi connectivity index (χ0n) is 13.7. The van der Waals surface area contributed by atoms with Crippen LogP contribution in [0.25, 0.3) is 22.4 Å². The number of aromatic amines is 1. The van der Waals surface area contributed by atoms with Gasteiger partial charge in [-0.05, 0) is 49.1 Å². The molecule has 1 unspecified atom stereocenters. The molecule has 2 N–H and O–H groups in total. The highest BCUT2D eigenvalue weighted by Crippen LogP contribution is 2.27. The van der Waals surface area contributed by atoms with Crippen molar-refractivity contribution in [3.63, 3.8) is 0 Å². The number of H-pyrrole nitrogens is 1. The number of nitrogens with zero attached hydrogens (tertiary/aromatic N) is 2. The molecule has 1 atom stereocenters. The van der Waals surface area contributed by atoms with Crippen molar-refractivity contribution >= 4 is 16.7 Å². The summed E-state index contributed by atoms with van der Waals surface area (Å²) < 4.78 is 27.1. The zero-order valence-corrected chi connectivity index (χ0v) is 13.7. The Kier molecular flexibility index (Phi) is 4.13. The lowest BCUT2D eigenvalue weighted by molar-refractivity contribution is 0.209. The van der Waals surface area contributed by atoms with Gasteiger partial charge in [0.05, 0.1) is 5.52 Å². The highest BCUT2D eigenvalue weighted by Gasteiger charge is 2.19. The van der Waals surface area contributed by atoms with Crippen LogP contribution < -0.4 is 4.90 Å². The fourth-order valence-corrected chi connectivity index (χ4v) is 3.46. The molecule has 1 fully saturated rings. The standard InChI is InChI=1S/C19H19F2N3O/c20-14-8-16(21)18-17(9-14)22-19(23-18)13-3-5-15(6-4-13)24-7-1-2-12(10-24)11-25/h3-6,8-9,12,25H,1-2,7,10-11H2,(H,22,23). The van der Waals surface area contributed by atoms with E-state index in [1.807, 2.05) is 24.3 Å². The molecule has 3 aromatic rings. The zero-order chi connectivity index (χ0) is 17.4. The van der Waals surface area contributed by atoms with Gasteiger partial charge in [0.25, 0.3) is 0 Å². The fourth-order valence-electron chi connectivity index (χ4n) is 3.46. The van der Waals surface area contributed by atoms with E-state index < -0.39 is 11.6 Å². The Labute approximate surface area is 144 Å². The second-order valence-corrected chi connectivity index (χ2v) is 6.55. The van der Waals surface area contributed by atoms with Gasteiger partial charge in [-0.2, -0.15) is 0 Å². The molecule has 1 aromatic heterocycles. The second-order valence-electron chi connectivity index (χ2n) is 6.55. The summed E-state index contributed by atoms with van der Waals surface area (Å²) in [5.74, 6) is -0.462. The quantitative estimate of drug-likeness (QED) is 0.762. The molecule has 6 heteroatoms. The first kappa shape index (κ1) is 16.0. The topological polar surface area (TPSA) is 52.1 Å². The summed E-state index contributed by atoms with van der Waals surface area (Å²) in [7, 11) is 0. The smallest absolute Gasteiger partial charge is 0.153 e. The van der Waals surface area contributed by atoms with Crippen LogP contribution in [0.4, 0.5) is 14.5 Å². The van der Waals surface area contributed by atoms with Crippen molar-refractivity contribution in [2.75, 3.05) is 24.6 Å². The van der Waals surface area contributed by atoms with E-state index in [2.05, 4.69) is 14.9 Å². The van der Waals surface area contributed by atoms with E-state index >= 15 is 0 Å². The fraction of sp³-hybridized carbons (Fsp3) is 0.316. The van der Waals surface area contributed by atoms with Gasteiger partial charge in [0, 0.05) is 37.0 Å². The number of aromatic nitrogens is 2. The van der Waals surface area contributed by atoms with Gasteiger partial charge >= 0.3 is 0 Å². The van der Waals surface area contributed by atoms with Crippen LogP contribution >= 0.6 is 0 Å². The van der Waals surface area contributed by atoms with Crippen molar-refractivity contribution < 1.29 is 13.9 Å². The monoisotopic (exact) mass is 343 g/mol. The third kappa shape index (κ3) is 3.09. The number of hydrogen-bond donors (Lipinski definition) is 2.